The predicted octanol–water partition coefficient (Wildman–Crippen LogP) is 2.18. The van der Waals surface area contributed by atoms with E-state index in [1.807, 2.05) is 48.6 Å². The summed E-state index contributed by atoms with van der Waals surface area (Å²) < 4.78 is 0. The van der Waals surface area contributed by atoms with E-state index in [1.54, 1.807) is 17.5 Å². The first-order valence-corrected chi connectivity index (χ1v) is 6.99. The van der Waals surface area contributed by atoms with Gasteiger partial charge in [-0.25, -0.2) is 4.98 Å². The largest absolute Gasteiger partial charge is 0.378 e. The Hall–Kier alpha value is -1.88. The van der Waals surface area contributed by atoms with Crippen molar-refractivity contribution in [3.05, 3.63) is 46.4 Å². The number of nitrogens with one attached hydrogen (secondary N) is 1. The third-order valence-electron chi connectivity index (χ3n) is 2.73. The summed E-state index contributed by atoms with van der Waals surface area (Å²) in [5, 5.41) is 5.90. The highest BCUT2D eigenvalue weighted by Gasteiger charge is 2.06. The molecular weight excluding hydrogens is 258 g/mol. The first kappa shape index (κ1) is 13.5. The number of anilines is 1. The SMILES string of the molecule is CN(C)c1cccc(C(=O)NCCc2nccs2)c1. The average molecular weight is 275 g/mol. The summed E-state index contributed by atoms with van der Waals surface area (Å²) in [6.07, 6.45) is 2.55. The predicted molar refractivity (Wildman–Crippen MR) is 78.9 cm³/mol. The van der Waals surface area contributed by atoms with Crippen LogP contribution in [0.3, 0.4) is 0 Å². The first-order valence-electron chi connectivity index (χ1n) is 6.11. The van der Waals surface area contributed by atoms with E-state index in [-0.39, 0.29) is 5.91 Å². The van der Waals surface area contributed by atoms with Gasteiger partial charge in [0.05, 0.1) is 5.01 Å². The summed E-state index contributed by atoms with van der Waals surface area (Å²) in [6, 6.07) is 7.59. The van der Waals surface area contributed by atoms with E-state index in [4.69, 9.17) is 0 Å². The van der Waals surface area contributed by atoms with Crippen molar-refractivity contribution in [3.8, 4) is 0 Å². The topological polar surface area (TPSA) is 45.2 Å². The molecule has 1 aromatic carbocycles. The van der Waals surface area contributed by atoms with E-state index < -0.39 is 0 Å². The number of rotatable bonds is 5. The lowest BCUT2D eigenvalue weighted by Crippen LogP contribution is -2.25. The van der Waals surface area contributed by atoms with Crippen LogP contribution in [0.15, 0.2) is 35.8 Å². The second-order valence-corrected chi connectivity index (χ2v) is 5.36. The van der Waals surface area contributed by atoms with Crippen LogP contribution in [0.25, 0.3) is 0 Å². The molecule has 0 aliphatic heterocycles. The molecule has 1 N–H and O–H groups in total. The number of hydrogen-bond donors (Lipinski definition) is 1. The molecule has 0 spiro atoms. The summed E-state index contributed by atoms with van der Waals surface area (Å²) in [4.78, 5) is 18.2. The van der Waals surface area contributed by atoms with Gasteiger partial charge in [0.25, 0.3) is 5.91 Å². The number of nitrogens with zero attached hydrogens (tertiary/aromatic N) is 2. The molecule has 4 nitrogen and oxygen atoms in total. The molecule has 0 fully saturated rings. The number of carbonyl (C=O) groups is 1. The van der Waals surface area contributed by atoms with E-state index in [0.29, 0.717) is 12.1 Å². The van der Waals surface area contributed by atoms with Gasteiger partial charge in [-0.1, -0.05) is 6.07 Å². The summed E-state index contributed by atoms with van der Waals surface area (Å²) in [6.45, 7) is 0.610. The van der Waals surface area contributed by atoms with Crippen LogP contribution in [-0.4, -0.2) is 31.5 Å². The Morgan fingerprint density at radius 3 is 2.95 bits per heavy atom. The standard InChI is InChI=1S/C14H17N3OS/c1-17(2)12-5-3-4-11(10-12)14(18)16-7-6-13-15-8-9-19-13/h3-5,8-10H,6-7H2,1-2H3,(H,16,18). The van der Waals surface area contributed by atoms with Gasteiger partial charge in [0.1, 0.15) is 0 Å². The van der Waals surface area contributed by atoms with Gasteiger partial charge in [-0.3, -0.25) is 4.79 Å². The fourth-order valence-electron chi connectivity index (χ4n) is 1.69. The first-order chi connectivity index (χ1) is 9.16. The highest BCUT2D eigenvalue weighted by molar-refractivity contribution is 7.09. The van der Waals surface area contributed by atoms with Crippen LogP contribution in [0.2, 0.25) is 0 Å². The fourth-order valence-corrected chi connectivity index (χ4v) is 2.31. The zero-order valence-electron chi connectivity index (χ0n) is 11.1. The maximum Gasteiger partial charge on any atom is 0.251 e. The van der Waals surface area contributed by atoms with E-state index >= 15 is 0 Å². The summed E-state index contributed by atoms with van der Waals surface area (Å²) in [5.41, 5.74) is 1.71. The van der Waals surface area contributed by atoms with Crippen molar-refractivity contribution in [2.75, 3.05) is 25.5 Å². The van der Waals surface area contributed by atoms with Crippen molar-refractivity contribution >= 4 is 22.9 Å². The number of benzene rings is 1. The van der Waals surface area contributed by atoms with Crippen molar-refractivity contribution in [1.29, 1.82) is 0 Å². The molecule has 0 unspecified atom stereocenters. The van der Waals surface area contributed by atoms with Gasteiger partial charge in [0.15, 0.2) is 0 Å². The fraction of sp³-hybridized carbons (Fsp3) is 0.286. The third-order valence-corrected chi connectivity index (χ3v) is 3.57. The molecule has 0 atom stereocenters. The molecule has 0 aliphatic rings. The van der Waals surface area contributed by atoms with E-state index in [2.05, 4.69) is 10.3 Å². The molecule has 1 heterocycles. The number of amides is 1. The van der Waals surface area contributed by atoms with Crippen molar-refractivity contribution in [1.82, 2.24) is 10.3 Å². The second-order valence-electron chi connectivity index (χ2n) is 4.38. The van der Waals surface area contributed by atoms with Crippen molar-refractivity contribution in [2.24, 2.45) is 0 Å². The van der Waals surface area contributed by atoms with E-state index in [0.717, 1.165) is 17.1 Å². The molecule has 1 amide bonds. The summed E-state index contributed by atoms with van der Waals surface area (Å²) in [7, 11) is 3.92. The van der Waals surface area contributed by atoms with Crippen LogP contribution in [0, 0.1) is 0 Å². The molecule has 1 aromatic heterocycles. The van der Waals surface area contributed by atoms with Gasteiger partial charge < -0.3 is 10.2 Å². The average Bonchev–Trinajstić information content (AvgIpc) is 2.92. The van der Waals surface area contributed by atoms with Crippen LogP contribution < -0.4 is 10.2 Å². The molecule has 0 saturated heterocycles. The zero-order valence-corrected chi connectivity index (χ0v) is 11.9. The third kappa shape index (κ3) is 3.79. The van der Waals surface area contributed by atoms with Crippen molar-refractivity contribution in [2.45, 2.75) is 6.42 Å². The van der Waals surface area contributed by atoms with Crippen LogP contribution >= 0.6 is 11.3 Å². The smallest absolute Gasteiger partial charge is 0.251 e. The van der Waals surface area contributed by atoms with Crippen LogP contribution in [-0.2, 0) is 6.42 Å². The normalized spacial score (nSPS) is 10.2. The molecule has 19 heavy (non-hydrogen) atoms. The maximum absolute atomic E-state index is 12.0. The molecule has 0 aliphatic carbocycles. The lowest BCUT2D eigenvalue weighted by atomic mass is 10.2. The van der Waals surface area contributed by atoms with E-state index in [9.17, 15) is 4.79 Å². The Kier molecular flexibility index (Phi) is 4.52. The molecule has 0 saturated carbocycles. The number of thiazole rings is 1. The van der Waals surface area contributed by atoms with Gasteiger partial charge in [0, 0.05) is 49.9 Å². The minimum Gasteiger partial charge on any atom is -0.378 e. The molecule has 0 radical (unpaired) electrons. The highest BCUT2D eigenvalue weighted by atomic mass is 32.1. The minimum atomic E-state index is -0.0414. The molecule has 2 aromatic rings. The van der Waals surface area contributed by atoms with Crippen molar-refractivity contribution in [3.63, 3.8) is 0 Å². The minimum absolute atomic E-state index is 0.0414. The van der Waals surface area contributed by atoms with Crippen LogP contribution in [0.1, 0.15) is 15.4 Å². The van der Waals surface area contributed by atoms with Gasteiger partial charge in [-0.2, -0.15) is 0 Å². The van der Waals surface area contributed by atoms with Crippen LogP contribution in [0.5, 0.6) is 0 Å². The van der Waals surface area contributed by atoms with Gasteiger partial charge in [-0.05, 0) is 18.2 Å². The molecule has 5 heteroatoms. The monoisotopic (exact) mass is 275 g/mol. The Labute approximate surface area is 117 Å². The highest BCUT2D eigenvalue weighted by Crippen LogP contribution is 2.13. The summed E-state index contributed by atoms with van der Waals surface area (Å²) >= 11 is 1.61. The van der Waals surface area contributed by atoms with Gasteiger partial charge in [-0.15, -0.1) is 11.3 Å². The van der Waals surface area contributed by atoms with E-state index in [1.165, 1.54) is 0 Å². The van der Waals surface area contributed by atoms with Crippen molar-refractivity contribution < 1.29 is 4.79 Å². The number of carbonyl (C=O) groups excluding carboxylic acids is 1. The Morgan fingerprint density at radius 1 is 1.42 bits per heavy atom. The number of aromatic nitrogens is 1. The van der Waals surface area contributed by atoms with Gasteiger partial charge in [0.2, 0.25) is 0 Å². The molecule has 2 rings (SSSR count). The lowest BCUT2D eigenvalue weighted by molar-refractivity contribution is 0.0954. The van der Waals surface area contributed by atoms with Gasteiger partial charge >= 0.3 is 0 Å². The lowest BCUT2D eigenvalue weighted by Gasteiger charge is -2.13. The Bertz CT molecular complexity index is 537. The second kappa shape index (κ2) is 6.33. The molecule has 0 bridgehead atoms. The number of hydrogen-bond acceptors (Lipinski definition) is 4. The Morgan fingerprint density at radius 2 is 2.26 bits per heavy atom. The Balaban J connectivity index is 1.90. The summed E-state index contributed by atoms with van der Waals surface area (Å²) in [5.74, 6) is -0.0414. The molecule has 100 valence electrons. The van der Waals surface area contributed by atoms with Crippen LogP contribution in [0.4, 0.5) is 5.69 Å². The maximum atomic E-state index is 12.0. The quantitative estimate of drug-likeness (QED) is 0.909. The molecular formula is C14H17N3OS. The zero-order chi connectivity index (χ0) is 13.7.